The molecule has 0 saturated heterocycles. The zero-order chi connectivity index (χ0) is 22.7. The minimum Gasteiger partial charge on any atom is -0.205 e. The number of hydrogen-bond donors (Lipinski definition) is 0. The topological polar surface area (TPSA) is 0 Å². The minimum atomic E-state index is -1.53. The van der Waals surface area contributed by atoms with Crippen LogP contribution in [0.25, 0.3) is 0 Å². The quantitative estimate of drug-likeness (QED) is 0.200. The van der Waals surface area contributed by atoms with E-state index in [1.807, 2.05) is 12.1 Å². The molecule has 32 heavy (non-hydrogen) atoms. The summed E-state index contributed by atoms with van der Waals surface area (Å²) in [6.07, 6.45) is 12.0. The van der Waals surface area contributed by atoms with Gasteiger partial charge in [-0.3, -0.25) is 0 Å². The molecule has 1 unspecified atom stereocenters. The molecule has 0 heterocycles. The Balaban J connectivity index is 1.44. The maximum Gasteiger partial charge on any atom is 0.194 e. The molecule has 0 radical (unpaired) electrons. The van der Waals surface area contributed by atoms with E-state index in [9.17, 15) is 13.2 Å². The molecule has 2 aromatic carbocycles. The zero-order valence-corrected chi connectivity index (χ0v) is 18.2. The van der Waals surface area contributed by atoms with E-state index in [0.29, 0.717) is 23.8 Å². The van der Waals surface area contributed by atoms with Crippen molar-refractivity contribution in [3.63, 3.8) is 0 Å². The number of fused-ring (bicyclic) bond motifs is 1. The minimum absolute atomic E-state index is 0.0257. The van der Waals surface area contributed by atoms with Crippen molar-refractivity contribution in [2.45, 2.75) is 57.8 Å². The first-order chi connectivity index (χ1) is 15.5. The third-order valence-electron chi connectivity index (χ3n) is 7.25. The van der Waals surface area contributed by atoms with Crippen LogP contribution in [0.3, 0.4) is 0 Å². The van der Waals surface area contributed by atoms with Crippen LogP contribution in [0.2, 0.25) is 0 Å². The van der Waals surface area contributed by atoms with E-state index >= 15 is 4.39 Å². The van der Waals surface area contributed by atoms with Gasteiger partial charge in [-0.05, 0) is 92.0 Å². The second-order valence-electron chi connectivity index (χ2n) is 9.22. The van der Waals surface area contributed by atoms with E-state index in [4.69, 9.17) is 0 Å². The first-order valence-corrected chi connectivity index (χ1v) is 11.5. The fraction of sp³-hybridized carbons (Fsp3) is 0.429. The van der Waals surface area contributed by atoms with E-state index in [2.05, 4.69) is 18.4 Å². The monoisotopic (exact) mass is 440 g/mol. The summed E-state index contributed by atoms with van der Waals surface area (Å²) in [5, 5.41) is 0. The van der Waals surface area contributed by atoms with Crippen LogP contribution >= 0.6 is 0 Å². The highest BCUT2D eigenvalue weighted by molar-refractivity contribution is 5.47. The third-order valence-corrected chi connectivity index (χ3v) is 7.25. The van der Waals surface area contributed by atoms with Crippen molar-refractivity contribution in [3.05, 3.63) is 82.4 Å². The molecule has 0 N–H and O–H groups in total. The summed E-state index contributed by atoms with van der Waals surface area (Å²) in [5.74, 6) is 2.87. The van der Waals surface area contributed by atoms with Crippen LogP contribution in [0.4, 0.5) is 17.6 Å². The normalized spacial score (nSPS) is 22.6. The SMILES string of the molecule is C=CCCC1CCC(C2CCc3c(ccc(C#Cc4cc(F)c(F)c(F)c4)c3F)C2)CC1. The average Bonchev–Trinajstić information content (AvgIpc) is 2.81. The van der Waals surface area contributed by atoms with Gasteiger partial charge < -0.3 is 0 Å². The van der Waals surface area contributed by atoms with Crippen LogP contribution in [-0.4, -0.2) is 0 Å². The summed E-state index contributed by atoms with van der Waals surface area (Å²) in [4.78, 5) is 0. The maximum atomic E-state index is 15.1. The lowest BCUT2D eigenvalue weighted by molar-refractivity contribution is 0.184. The summed E-state index contributed by atoms with van der Waals surface area (Å²) in [5.41, 5.74) is 1.94. The molecule has 4 heteroatoms. The Bertz CT molecular complexity index is 1030. The van der Waals surface area contributed by atoms with Crippen molar-refractivity contribution in [3.8, 4) is 11.8 Å². The second-order valence-corrected chi connectivity index (χ2v) is 9.22. The van der Waals surface area contributed by atoms with Crippen LogP contribution in [0.5, 0.6) is 0 Å². The van der Waals surface area contributed by atoms with Crippen molar-refractivity contribution >= 4 is 0 Å². The highest BCUT2D eigenvalue weighted by atomic mass is 19.2. The lowest BCUT2D eigenvalue weighted by atomic mass is 9.69. The highest BCUT2D eigenvalue weighted by Crippen LogP contribution is 2.41. The fourth-order valence-electron chi connectivity index (χ4n) is 5.40. The predicted octanol–water partition coefficient (Wildman–Crippen LogP) is 7.52. The lowest BCUT2D eigenvalue weighted by Gasteiger charge is -2.36. The lowest BCUT2D eigenvalue weighted by Crippen LogP contribution is -2.27. The molecule has 1 atom stereocenters. The van der Waals surface area contributed by atoms with Gasteiger partial charge in [-0.1, -0.05) is 36.8 Å². The largest absolute Gasteiger partial charge is 0.205 e. The van der Waals surface area contributed by atoms with Gasteiger partial charge in [0.2, 0.25) is 0 Å². The zero-order valence-electron chi connectivity index (χ0n) is 18.2. The number of allylic oxidation sites excluding steroid dienone is 1. The van der Waals surface area contributed by atoms with Gasteiger partial charge in [0.25, 0.3) is 0 Å². The second kappa shape index (κ2) is 9.94. The van der Waals surface area contributed by atoms with Crippen LogP contribution in [0.15, 0.2) is 36.9 Å². The fourth-order valence-corrected chi connectivity index (χ4v) is 5.40. The van der Waals surface area contributed by atoms with Crippen molar-refractivity contribution in [1.82, 2.24) is 0 Å². The van der Waals surface area contributed by atoms with Gasteiger partial charge in [0.05, 0.1) is 5.56 Å². The Morgan fingerprint density at radius 1 is 0.875 bits per heavy atom. The maximum absolute atomic E-state index is 15.1. The molecule has 2 aromatic rings. The van der Waals surface area contributed by atoms with E-state index in [-0.39, 0.29) is 16.9 Å². The first kappa shape index (κ1) is 22.6. The van der Waals surface area contributed by atoms with E-state index < -0.39 is 17.5 Å². The molecule has 0 amide bonds. The summed E-state index contributed by atoms with van der Waals surface area (Å²) in [6, 6.07) is 5.22. The molecule has 0 aromatic heterocycles. The van der Waals surface area contributed by atoms with Crippen LogP contribution in [0.1, 0.15) is 67.2 Å². The highest BCUT2D eigenvalue weighted by Gasteiger charge is 2.31. The Morgan fingerprint density at radius 2 is 1.59 bits per heavy atom. The predicted molar refractivity (Wildman–Crippen MR) is 119 cm³/mol. The molecule has 1 saturated carbocycles. The van der Waals surface area contributed by atoms with E-state index in [1.54, 1.807) is 6.07 Å². The molecule has 1 fully saturated rings. The number of rotatable bonds is 4. The summed E-state index contributed by atoms with van der Waals surface area (Å²) >= 11 is 0. The Labute approximate surface area is 187 Å². The number of halogens is 4. The molecule has 168 valence electrons. The average molecular weight is 441 g/mol. The smallest absolute Gasteiger partial charge is 0.194 e. The molecular formula is C28H28F4. The van der Waals surface area contributed by atoms with Gasteiger partial charge in [-0.2, -0.15) is 0 Å². The molecule has 0 nitrogen and oxygen atoms in total. The summed E-state index contributed by atoms with van der Waals surface area (Å²) < 4.78 is 55.0. The molecule has 4 rings (SSSR count). The van der Waals surface area contributed by atoms with Crippen molar-refractivity contribution in [1.29, 1.82) is 0 Å². The van der Waals surface area contributed by atoms with Crippen LogP contribution < -0.4 is 0 Å². The third kappa shape index (κ3) is 4.93. The van der Waals surface area contributed by atoms with Gasteiger partial charge in [-0.15, -0.1) is 6.58 Å². The standard InChI is InChI=1S/C28H28F4/c1-2-3-4-18-5-8-20(9-6-18)22-13-14-24-23(17-22)12-11-21(27(24)31)10-7-19-15-25(29)28(32)26(30)16-19/h2,11-12,15-16,18,20,22H,1,3-6,8-9,13-14,17H2. The van der Waals surface area contributed by atoms with Gasteiger partial charge in [0.1, 0.15) is 5.82 Å². The summed E-state index contributed by atoms with van der Waals surface area (Å²) in [7, 11) is 0. The van der Waals surface area contributed by atoms with Gasteiger partial charge in [0, 0.05) is 5.56 Å². The number of benzene rings is 2. The number of hydrogen-bond acceptors (Lipinski definition) is 0. The van der Waals surface area contributed by atoms with Crippen LogP contribution in [-0.2, 0) is 12.8 Å². The molecule has 2 aliphatic rings. The molecule has 0 spiro atoms. The van der Waals surface area contributed by atoms with Gasteiger partial charge in [0.15, 0.2) is 17.5 Å². The van der Waals surface area contributed by atoms with Gasteiger partial charge >= 0.3 is 0 Å². The van der Waals surface area contributed by atoms with Crippen molar-refractivity contribution in [2.75, 3.05) is 0 Å². The van der Waals surface area contributed by atoms with E-state index in [0.717, 1.165) is 42.9 Å². The molecule has 0 bridgehead atoms. The Hall–Kier alpha value is -2.54. The molecular weight excluding hydrogens is 412 g/mol. The molecule has 0 aliphatic heterocycles. The van der Waals surface area contributed by atoms with Crippen molar-refractivity contribution < 1.29 is 17.6 Å². The Morgan fingerprint density at radius 3 is 2.28 bits per heavy atom. The van der Waals surface area contributed by atoms with Crippen molar-refractivity contribution in [2.24, 2.45) is 17.8 Å². The van der Waals surface area contributed by atoms with E-state index in [1.165, 1.54) is 32.1 Å². The van der Waals surface area contributed by atoms with Crippen LogP contribution in [0, 0.1) is 52.9 Å². The summed E-state index contributed by atoms with van der Waals surface area (Å²) in [6.45, 7) is 3.82. The van der Waals surface area contributed by atoms with Gasteiger partial charge in [-0.25, -0.2) is 17.6 Å². The first-order valence-electron chi connectivity index (χ1n) is 11.5. The molecule has 2 aliphatic carbocycles. The Kier molecular flexibility index (Phi) is 7.04.